The molecule has 1 heterocycles. The lowest BCUT2D eigenvalue weighted by molar-refractivity contribution is 0.508. The number of hydrogen-bond acceptors (Lipinski definition) is 4. The fourth-order valence-electron chi connectivity index (χ4n) is 1.01. The van der Waals surface area contributed by atoms with Crippen LogP contribution in [0.2, 0.25) is 0 Å². The zero-order chi connectivity index (χ0) is 11.6. The first-order chi connectivity index (χ1) is 6.84. The highest BCUT2D eigenvalue weighted by Crippen LogP contribution is 2.23. The largest absolute Gasteiger partial charge is 0.392 e. The molecule has 2 N–H and O–H groups in total. The summed E-state index contributed by atoms with van der Waals surface area (Å²) in [5.74, 6) is 0. The van der Waals surface area contributed by atoms with Gasteiger partial charge in [0.25, 0.3) is 10.0 Å². The van der Waals surface area contributed by atoms with Crippen LogP contribution in [-0.4, -0.2) is 31.3 Å². The molecule has 4 nitrogen and oxygen atoms in total. The maximum absolute atomic E-state index is 11.9. The number of sulfonamides is 1. The molecule has 0 aliphatic carbocycles. The van der Waals surface area contributed by atoms with Gasteiger partial charge in [0.1, 0.15) is 4.21 Å². The summed E-state index contributed by atoms with van der Waals surface area (Å²) in [6.07, 6.45) is 0. The maximum atomic E-state index is 11.9. The Hall–Kier alpha value is -0.500. The molecule has 0 unspecified atom stereocenters. The van der Waals surface area contributed by atoms with Gasteiger partial charge in [0.15, 0.2) is 0 Å². The highest BCUT2D eigenvalue weighted by molar-refractivity contribution is 7.91. The number of hydrogen-bond donors (Lipinski definition) is 1. The van der Waals surface area contributed by atoms with Crippen LogP contribution >= 0.6 is 23.6 Å². The van der Waals surface area contributed by atoms with E-state index < -0.39 is 10.0 Å². The minimum absolute atomic E-state index is 0.0641. The van der Waals surface area contributed by atoms with Crippen molar-refractivity contribution in [3.8, 4) is 0 Å². The molecule has 15 heavy (non-hydrogen) atoms. The van der Waals surface area contributed by atoms with Crippen LogP contribution in [-0.2, 0) is 10.0 Å². The third-order valence-corrected chi connectivity index (χ3v) is 5.16. The molecule has 7 heteroatoms. The average molecular weight is 264 g/mol. The highest BCUT2D eigenvalue weighted by Gasteiger charge is 2.22. The van der Waals surface area contributed by atoms with Crippen LogP contribution in [0.3, 0.4) is 0 Å². The molecule has 0 saturated carbocycles. The molecule has 0 radical (unpaired) electrons. The van der Waals surface area contributed by atoms with E-state index in [0.29, 0.717) is 4.21 Å². The summed E-state index contributed by atoms with van der Waals surface area (Å²) >= 11 is 5.91. The lowest BCUT2D eigenvalue weighted by Crippen LogP contribution is -2.34. The zero-order valence-corrected chi connectivity index (χ0v) is 10.9. The van der Waals surface area contributed by atoms with Crippen molar-refractivity contribution >= 4 is 38.6 Å². The molecule has 84 valence electrons. The molecule has 0 amide bonds. The van der Waals surface area contributed by atoms with E-state index in [2.05, 4.69) is 12.2 Å². The second-order valence-corrected chi connectivity index (χ2v) is 7.18. The summed E-state index contributed by atoms with van der Waals surface area (Å²) in [6, 6.07) is 3.36. The van der Waals surface area contributed by atoms with E-state index in [1.165, 1.54) is 18.4 Å². The first-order valence-electron chi connectivity index (χ1n) is 4.15. The molecule has 1 aromatic heterocycles. The molecular formula is C8H12N2O2S3. The molecule has 0 fully saturated rings. The van der Waals surface area contributed by atoms with Gasteiger partial charge in [-0.25, -0.2) is 8.42 Å². The average Bonchev–Trinajstić information content (AvgIpc) is 2.50. The third-order valence-electron chi connectivity index (χ3n) is 1.76. The lowest BCUT2D eigenvalue weighted by atomic mass is 10.5. The number of likely N-dealkylation sites (N-methyl/N-ethyl adjacent to an activating group) is 1. The van der Waals surface area contributed by atoms with Crippen molar-refractivity contribution < 1.29 is 8.42 Å². The predicted octanol–water partition coefficient (Wildman–Crippen LogP) is 0.963. The topological polar surface area (TPSA) is 63.4 Å². The molecule has 0 atom stereocenters. The van der Waals surface area contributed by atoms with Crippen molar-refractivity contribution in [3.63, 3.8) is 0 Å². The minimum Gasteiger partial charge on any atom is -0.392 e. The molecule has 0 aliphatic heterocycles. The van der Waals surface area contributed by atoms with Gasteiger partial charge in [-0.05, 0) is 19.1 Å². The molecule has 0 bridgehead atoms. The Morgan fingerprint density at radius 2 is 2.20 bits per heavy atom. The summed E-state index contributed by atoms with van der Waals surface area (Å²) in [7, 11) is -1.97. The van der Waals surface area contributed by atoms with Crippen molar-refractivity contribution in [2.24, 2.45) is 5.73 Å². The van der Waals surface area contributed by atoms with Crippen LogP contribution in [0.25, 0.3) is 0 Å². The van der Waals surface area contributed by atoms with Gasteiger partial charge < -0.3 is 5.73 Å². The summed E-state index contributed by atoms with van der Waals surface area (Å²) in [6.45, 7) is 1.92. The fourth-order valence-corrected chi connectivity index (χ4v) is 3.93. The Kier molecular flexibility index (Phi) is 3.82. The van der Waals surface area contributed by atoms with Crippen molar-refractivity contribution in [2.75, 3.05) is 13.6 Å². The van der Waals surface area contributed by atoms with Gasteiger partial charge >= 0.3 is 0 Å². The molecule has 0 aliphatic rings. The number of rotatable bonds is 4. The van der Waals surface area contributed by atoms with E-state index in [0.717, 1.165) is 9.18 Å². The molecule has 1 rings (SSSR count). The predicted molar refractivity (Wildman–Crippen MR) is 65.7 cm³/mol. The Morgan fingerprint density at radius 1 is 1.60 bits per heavy atom. The van der Waals surface area contributed by atoms with Gasteiger partial charge in [-0.3, -0.25) is 0 Å². The van der Waals surface area contributed by atoms with Crippen LogP contribution < -0.4 is 5.73 Å². The lowest BCUT2D eigenvalue weighted by Gasteiger charge is -2.14. The quantitative estimate of drug-likeness (QED) is 0.823. The molecule has 0 saturated heterocycles. The Bertz CT molecular complexity index is 464. The second kappa shape index (κ2) is 4.56. The number of nitrogens with two attached hydrogens (primary N) is 1. The van der Waals surface area contributed by atoms with Gasteiger partial charge in [-0.15, -0.1) is 11.3 Å². The van der Waals surface area contributed by atoms with E-state index in [1.54, 1.807) is 12.1 Å². The second-order valence-electron chi connectivity index (χ2n) is 3.09. The maximum Gasteiger partial charge on any atom is 0.252 e. The van der Waals surface area contributed by atoms with Gasteiger partial charge in [0.2, 0.25) is 0 Å². The van der Waals surface area contributed by atoms with Crippen LogP contribution in [0.15, 0.2) is 16.3 Å². The molecule has 1 aromatic rings. The fraction of sp³-hybridized carbons (Fsp3) is 0.375. The molecular weight excluding hydrogens is 252 g/mol. The standard InChI is InChI=1S/C8H12N2O2S3/c1-6-3-4-8(14-6)15(11,12)10(2)5-7(9)13/h3-4H,5H2,1-2H3,(H2,9,13). The number of thiophene rings is 1. The summed E-state index contributed by atoms with van der Waals surface area (Å²) in [5, 5.41) is 0. The van der Waals surface area contributed by atoms with Crippen LogP contribution in [0.5, 0.6) is 0 Å². The van der Waals surface area contributed by atoms with Crippen LogP contribution in [0.1, 0.15) is 4.88 Å². The number of aryl methyl sites for hydroxylation is 1. The van der Waals surface area contributed by atoms with E-state index >= 15 is 0 Å². The highest BCUT2D eigenvalue weighted by atomic mass is 32.2. The van der Waals surface area contributed by atoms with Crippen LogP contribution in [0, 0.1) is 6.92 Å². The van der Waals surface area contributed by atoms with E-state index in [-0.39, 0.29) is 11.5 Å². The number of nitrogens with zero attached hydrogens (tertiary/aromatic N) is 1. The van der Waals surface area contributed by atoms with Crippen LogP contribution in [0.4, 0.5) is 0 Å². The van der Waals surface area contributed by atoms with Gasteiger partial charge in [-0.2, -0.15) is 4.31 Å². The molecule has 0 aromatic carbocycles. The first-order valence-corrected chi connectivity index (χ1v) is 6.81. The zero-order valence-electron chi connectivity index (χ0n) is 8.43. The summed E-state index contributed by atoms with van der Waals surface area (Å²) in [5.41, 5.74) is 5.30. The van der Waals surface area contributed by atoms with Crippen molar-refractivity contribution in [1.29, 1.82) is 0 Å². The van der Waals surface area contributed by atoms with E-state index in [4.69, 9.17) is 5.73 Å². The van der Waals surface area contributed by atoms with E-state index in [1.807, 2.05) is 6.92 Å². The van der Waals surface area contributed by atoms with Gasteiger partial charge in [0.05, 0.1) is 11.5 Å². The summed E-state index contributed by atoms with van der Waals surface area (Å²) in [4.78, 5) is 1.12. The first kappa shape index (κ1) is 12.6. The Labute approximate surface area is 98.8 Å². The van der Waals surface area contributed by atoms with E-state index in [9.17, 15) is 8.42 Å². The van der Waals surface area contributed by atoms with Crippen molar-refractivity contribution in [1.82, 2.24) is 4.31 Å². The number of thiocarbonyl (C=S) groups is 1. The van der Waals surface area contributed by atoms with Gasteiger partial charge in [-0.1, -0.05) is 12.2 Å². The van der Waals surface area contributed by atoms with Crippen molar-refractivity contribution in [3.05, 3.63) is 17.0 Å². The monoisotopic (exact) mass is 264 g/mol. The smallest absolute Gasteiger partial charge is 0.252 e. The molecule has 0 spiro atoms. The Morgan fingerprint density at radius 3 is 2.60 bits per heavy atom. The van der Waals surface area contributed by atoms with Crippen molar-refractivity contribution in [2.45, 2.75) is 11.1 Å². The normalized spacial score (nSPS) is 11.9. The SMILES string of the molecule is Cc1ccc(S(=O)(=O)N(C)CC(N)=S)s1. The van der Waals surface area contributed by atoms with Gasteiger partial charge in [0, 0.05) is 11.9 Å². The minimum atomic E-state index is -3.43. The summed E-state index contributed by atoms with van der Waals surface area (Å²) < 4.78 is 25.3. The Balaban J connectivity index is 2.98. The third kappa shape index (κ3) is 2.97.